The second-order valence-electron chi connectivity index (χ2n) is 6.20. The Labute approximate surface area is 137 Å². The molecule has 2 N–H and O–H groups in total. The zero-order chi connectivity index (χ0) is 17.4. The molecule has 1 aliphatic rings. The number of anilines is 1. The average Bonchev–Trinajstić information content (AvgIpc) is 2.59. The lowest BCUT2D eigenvalue weighted by Gasteiger charge is -2.40. The summed E-state index contributed by atoms with van der Waals surface area (Å²) < 4.78 is 41.4. The molecule has 1 fully saturated rings. The Bertz CT molecular complexity index is 831. The maximum Gasteiger partial charge on any atom is 0.196 e. The first-order valence-corrected chi connectivity index (χ1v) is 7.81. The number of piperidine rings is 1. The van der Waals surface area contributed by atoms with Crippen LogP contribution in [0.3, 0.4) is 0 Å². The van der Waals surface area contributed by atoms with Crippen molar-refractivity contribution < 1.29 is 13.2 Å². The van der Waals surface area contributed by atoms with E-state index >= 15 is 0 Å². The molecule has 3 rings (SSSR count). The fourth-order valence-corrected chi connectivity index (χ4v) is 3.30. The van der Waals surface area contributed by atoms with Crippen molar-refractivity contribution in [3.63, 3.8) is 0 Å². The van der Waals surface area contributed by atoms with Gasteiger partial charge in [-0.1, -0.05) is 0 Å². The van der Waals surface area contributed by atoms with Gasteiger partial charge in [-0.15, -0.1) is 0 Å². The number of benzene rings is 1. The quantitative estimate of drug-likeness (QED) is 0.857. The lowest BCUT2D eigenvalue weighted by Crippen LogP contribution is -2.44. The molecule has 0 saturated carbocycles. The number of nitrogens with two attached hydrogens (primary N) is 1. The molecule has 1 saturated heterocycles. The highest BCUT2D eigenvalue weighted by molar-refractivity contribution is 5.95. The molecule has 1 aliphatic heterocycles. The average molecular weight is 334 g/mol. The number of fused-ring (bicyclic) bond motifs is 1. The number of rotatable bonds is 2. The summed E-state index contributed by atoms with van der Waals surface area (Å²) in [5.41, 5.74) is 6.09. The summed E-state index contributed by atoms with van der Waals surface area (Å²) in [4.78, 5) is 5.75. The number of hydrogen-bond donors (Lipinski definition) is 1. The number of nitrogens with zero attached hydrogens (tertiary/aromatic N) is 3. The highest BCUT2D eigenvalue weighted by Crippen LogP contribution is 2.36. The SMILES string of the molecule is CC1CCC(CN)CN1c1c(C#N)cnc2c(F)c(F)c(F)cc12. The van der Waals surface area contributed by atoms with Gasteiger partial charge in [0.1, 0.15) is 11.6 Å². The van der Waals surface area contributed by atoms with Crippen molar-refractivity contribution >= 4 is 16.6 Å². The Morgan fingerprint density at radius 1 is 1.33 bits per heavy atom. The summed E-state index contributed by atoms with van der Waals surface area (Å²) in [6, 6.07) is 3.00. The molecule has 0 spiro atoms. The maximum absolute atomic E-state index is 14.1. The van der Waals surface area contributed by atoms with E-state index in [9.17, 15) is 18.4 Å². The summed E-state index contributed by atoms with van der Waals surface area (Å²) in [5, 5.41) is 9.51. The second kappa shape index (κ2) is 6.29. The minimum absolute atomic E-state index is 0.0710. The van der Waals surface area contributed by atoms with Crippen molar-refractivity contribution in [1.82, 2.24) is 4.98 Å². The molecule has 0 amide bonds. The van der Waals surface area contributed by atoms with Crippen LogP contribution in [0, 0.1) is 34.7 Å². The summed E-state index contributed by atoms with van der Waals surface area (Å²) in [7, 11) is 0. The van der Waals surface area contributed by atoms with Gasteiger partial charge >= 0.3 is 0 Å². The molecule has 7 heteroatoms. The van der Waals surface area contributed by atoms with Gasteiger partial charge in [0.05, 0.1) is 11.3 Å². The van der Waals surface area contributed by atoms with Gasteiger partial charge in [0.25, 0.3) is 0 Å². The van der Waals surface area contributed by atoms with Crippen LogP contribution in [-0.4, -0.2) is 24.1 Å². The van der Waals surface area contributed by atoms with Crippen LogP contribution in [0.15, 0.2) is 12.3 Å². The predicted molar refractivity (Wildman–Crippen MR) is 84.9 cm³/mol. The first-order chi connectivity index (χ1) is 11.5. The molecular weight excluding hydrogens is 317 g/mol. The monoisotopic (exact) mass is 334 g/mol. The van der Waals surface area contributed by atoms with Gasteiger partial charge in [-0.05, 0) is 38.3 Å². The first-order valence-electron chi connectivity index (χ1n) is 7.81. The van der Waals surface area contributed by atoms with Crippen LogP contribution in [0.1, 0.15) is 25.3 Å². The lowest BCUT2D eigenvalue weighted by atomic mass is 9.92. The smallest absolute Gasteiger partial charge is 0.196 e. The van der Waals surface area contributed by atoms with Crippen LogP contribution in [0.2, 0.25) is 0 Å². The van der Waals surface area contributed by atoms with Crippen molar-refractivity contribution in [2.45, 2.75) is 25.8 Å². The molecule has 0 aliphatic carbocycles. The third kappa shape index (κ3) is 2.57. The third-order valence-corrected chi connectivity index (χ3v) is 4.69. The number of nitriles is 1. The van der Waals surface area contributed by atoms with Gasteiger partial charge < -0.3 is 10.6 Å². The second-order valence-corrected chi connectivity index (χ2v) is 6.20. The minimum atomic E-state index is -1.56. The van der Waals surface area contributed by atoms with Gasteiger partial charge in [0, 0.05) is 24.2 Å². The van der Waals surface area contributed by atoms with E-state index < -0.39 is 17.5 Å². The Hall–Kier alpha value is -2.33. The van der Waals surface area contributed by atoms with Crippen molar-refractivity contribution in [1.29, 1.82) is 5.26 Å². The first kappa shape index (κ1) is 16.5. The lowest BCUT2D eigenvalue weighted by molar-refractivity contribution is 0.374. The van der Waals surface area contributed by atoms with E-state index in [4.69, 9.17) is 5.73 Å². The van der Waals surface area contributed by atoms with Crippen molar-refractivity contribution in [3.8, 4) is 6.07 Å². The highest BCUT2D eigenvalue weighted by Gasteiger charge is 2.29. The normalized spacial score (nSPS) is 21.1. The molecule has 1 aromatic carbocycles. The molecule has 126 valence electrons. The molecule has 2 heterocycles. The Kier molecular flexibility index (Phi) is 4.33. The Morgan fingerprint density at radius 3 is 2.75 bits per heavy atom. The predicted octanol–water partition coefficient (Wildman–Crippen LogP) is 3.09. The van der Waals surface area contributed by atoms with Crippen LogP contribution < -0.4 is 10.6 Å². The summed E-state index contributed by atoms with van der Waals surface area (Å²) >= 11 is 0. The van der Waals surface area contributed by atoms with Crippen molar-refractivity contribution in [3.05, 3.63) is 35.3 Å². The molecule has 0 radical (unpaired) electrons. The van der Waals surface area contributed by atoms with Gasteiger partial charge in [-0.3, -0.25) is 4.98 Å². The van der Waals surface area contributed by atoms with E-state index in [1.54, 1.807) is 0 Å². The maximum atomic E-state index is 14.1. The van der Waals surface area contributed by atoms with E-state index in [-0.39, 0.29) is 28.4 Å². The number of hydrogen-bond acceptors (Lipinski definition) is 4. The number of aromatic nitrogens is 1. The fourth-order valence-electron chi connectivity index (χ4n) is 3.30. The summed E-state index contributed by atoms with van der Waals surface area (Å²) in [5.74, 6) is -3.96. The molecule has 4 nitrogen and oxygen atoms in total. The van der Waals surface area contributed by atoms with Crippen LogP contribution in [-0.2, 0) is 0 Å². The van der Waals surface area contributed by atoms with Gasteiger partial charge in [0.15, 0.2) is 17.5 Å². The Balaban J connectivity index is 2.27. The van der Waals surface area contributed by atoms with E-state index in [2.05, 4.69) is 4.98 Å². The van der Waals surface area contributed by atoms with E-state index in [1.807, 2.05) is 17.9 Å². The molecule has 24 heavy (non-hydrogen) atoms. The molecule has 2 atom stereocenters. The van der Waals surface area contributed by atoms with Crippen LogP contribution in [0.5, 0.6) is 0 Å². The van der Waals surface area contributed by atoms with Crippen LogP contribution >= 0.6 is 0 Å². The summed E-state index contributed by atoms with van der Waals surface area (Å²) in [6.45, 7) is 3.05. The molecular formula is C17H17F3N4. The number of halogens is 3. The van der Waals surface area contributed by atoms with E-state index in [0.717, 1.165) is 18.9 Å². The molecule has 2 unspecified atom stereocenters. The molecule has 1 aromatic heterocycles. The number of pyridine rings is 1. The zero-order valence-electron chi connectivity index (χ0n) is 13.2. The standard InChI is InChI=1S/C17H17F3N4/c1-9-2-3-10(5-21)8-24(9)17-11(6-22)7-23-16-12(17)4-13(18)14(19)15(16)20/h4,7,9-10H,2-3,5,8,21H2,1H3. The van der Waals surface area contributed by atoms with Gasteiger partial charge in [0.2, 0.25) is 0 Å². The summed E-state index contributed by atoms with van der Waals surface area (Å²) in [6.07, 6.45) is 3.01. The minimum Gasteiger partial charge on any atom is -0.367 e. The van der Waals surface area contributed by atoms with Gasteiger partial charge in [-0.25, -0.2) is 13.2 Å². The van der Waals surface area contributed by atoms with E-state index in [1.165, 1.54) is 6.20 Å². The third-order valence-electron chi connectivity index (χ3n) is 4.69. The van der Waals surface area contributed by atoms with Crippen molar-refractivity contribution in [2.75, 3.05) is 18.0 Å². The Morgan fingerprint density at radius 2 is 2.08 bits per heavy atom. The van der Waals surface area contributed by atoms with Crippen LogP contribution in [0.25, 0.3) is 10.9 Å². The van der Waals surface area contributed by atoms with E-state index in [0.29, 0.717) is 18.8 Å². The topological polar surface area (TPSA) is 65.9 Å². The van der Waals surface area contributed by atoms with Crippen molar-refractivity contribution in [2.24, 2.45) is 11.7 Å². The molecule has 2 aromatic rings. The molecule has 0 bridgehead atoms. The highest BCUT2D eigenvalue weighted by atomic mass is 19.2. The van der Waals surface area contributed by atoms with Gasteiger partial charge in [-0.2, -0.15) is 5.26 Å². The largest absolute Gasteiger partial charge is 0.367 e. The zero-order valence-corrected chi connectivity index (χ0v) is 13.2. The fraction of sp³-hybridized carbons (Fsp3) is 0.412. The van der Waals surface area contributed by atoms with Crippen LogP contribution in [0.4, 0.5) is 18.9 Å².